The minimum Gasteiger partial charge on any atom is -0.297 e. The van der Waals surface area contributed by atoms with Gasteiger partial charge in [0.05, 0.1) is 15.5 Å². The molecule has 0 saturated carbocycles. The number of aldehydes is 1. The maximum atomic E-state index is 12.0. The Kier molecular flexibility index (Phi) is 3.54. The number of carbonyl (C=O) groups excluding carboxylic acids is 1. The number of carbonyl (C=O) groups is 1. The zero-order valence-electron chi connectivity index (χ0n) is 9.16. The van der Waals surface area contributed by atoms with Crippen molar-refractivity contribution in [2.24, 2.45) is 0 Å². The van der Waals surface area contributed by atoms with E-state index in [1.165, 1.54) is 35.6 Å². The second kappa shape index (κ2) is 4.95. The zero-order chi connectivity index (χ0) is 13.2. The lowest BCUT2D eigenvalue weighted by Gasteiger charge is -2.07. The fourth-order valence-electron chi connectivity index (χ4n) is 1.35. The first-order valence-corrected chi connectivity index (χ1v) is 7.30. The number of benzene rings is 1. The van der Waals surface area contributed by atoms with Crippen LogP contribution < -0.4 is 10.2 Å². The van der Waals surface area contributed by atoms with E-state index in [0.717, 1.165) is 0 Å². The molecule has 4 nitrogen and oxygen atoms in total. The van der Waals surface area contributed by atoms with E-state index >= 15 is 0 Å². The molecule has 2 aromatic rings. The number of hydrogen-bond donors (Lipinski definition) is 1. The molecule has 0 bridgehead atoms. The molecule has 0 fully saturated rings. The minimum atomic E-state index is -3.69. The molecule has 2 rings (SSSR count). The van der Waals surface area contributed by atoms with Crippen LogP contribution in [0.1, 0.15) is 9.67 Å². The van der Waals surface area contributed by atoms with Gasteiger partial charge >= 0.3 is 0 Å². The molecule has 0 saturated heterocycles. The molecule has 1 N–H and O–H groups in total. The van der Waals surface area contributed by atoms with Crippen LogP contribution in [0, 0.1) is 0 Å². The molecule has 90 valence electrons. The first-order valence-electron chi connectivity index (χ1n) is 4.94. The van der Waals surface area contributed by atoms with Crippen LogP contribution >= 0.6 is 11.3 Å². The van der Waals surface area contributed by atoms with E-state index in [1.807, 2.05) is 0 Å². The molecular formula is C11H8BNO3S2. The van der Waals surface area contributed by atoms with Crippen LogP contribution in [0.15, 0.2) is 40.6 Å². The Morgan fingerprint density at radius 1 is 1.17 bits per heavy atom. The highest BCUT2D eigenvalue weighted by Gasteiger charge is 2.16. The van der Waals surface area contributed by atoms with Crippen LogP contribution in [-0.4, -0.2) is 22.6 Å². The van der Waals surface area contributed by atoms with E-state index in [1.54, 1.807) is 11.4 Å². The quantitative estimate of drug-likeness (QED) is 0.673. The van der Waals surface area contributed by atoms with Crippen LogP contribution in [0.4, 0.5) is 5.69 Å². The van der Waals surface area contributed by atoms with E-state index in [2.05, 4.69) is 4.72 Å². The first-order chi connectivity index (χ1) is 8.53. The van der Waals surface area contributed by atoms with Crippen molar-refractivity contribution in [1.82, 2.24) is 0 Å². The van der Waals surface area contributed by atoms with Gasteiger partial charge in [0.2, 0.25) is 0 Å². The van der Waals surface area contributed by atoms with Gasteiger partial charge in [-0.25, -0.2) is 8.42 Å². The molecule has 2 radical (unpaired) electrons. The van der Waals surface area contributed by atoms with Gasteiger partial charge in [0.1, 0.15) is 7.85 Å². The smallest absolute Gasteiger partial charge is 0.261 e. The van der Waals surface area contributed by atoms with Gasteiger partial charge < -0.3 is 0 Å². The molecule has 0 aliphatic rings. The Morgan fingerprint density at radius 3 is 2.44 bits per heavy atom. The predicted molar refractivity (Wildman–Crippen MR) is 72.3 cm³/mol. The molecule has 1 aromatic heterocycles. The summed E-state index contributed by atoms with van der Waals surface area (Å²) in [5.41, 5.74) is 0.768. The monoisotopic (exact) mass is 277 g/mol. The molecule has 7 heteroatoms. The molecule has 1 heterocycles. The predicted octanol–water partition coefficient (Wildman–Crippen LogP) is 1.16. The molecule has 18 heavy (non-hydrogen) atoms. The summed E-state index contributed by atoms with van der Waals surface area (Å²) in [6.07, 6.45) is 0.617. The second-order valence-corrected chi connectivity index (χ2v) is 6.12. The van der Waals surface area contributed by atoms with Gasteiger partial charge in [0, 0.05) is 0 Å². The Hall–Kier alpha value is -1.60. The average Bonchev–Trinajstić information content (AvgIpc) is 2.76. The zero-order valence-corrected chi connectivity index (χ0v) is 10.8. The third kappa shape index (κ3) is 2.62. The largest absolute Gasteiger partial charge is 0.297 e. The molecule has 0 spiro atoms. The number of hydrogen-bond acceptors (Lipinski definition) is 4. The number of anilines is 1. The van der Waals surface area contributed by atoms with Crippen molar-refractivity contribution in [2.45, 2.75) is 4.90 Å². The second-order valence-electron chi connectivity index (χ2n) is 3.49. The number of rotatable bonds is 4. The standard InChI is InChI=1S/C11H8BNO3S2/c12-8-1-3-9(4-2-8)18(15,16)13-10-5-6-17-11(10)7-14/h1-7,13H. The normalized spacial score (nSPS) is 11.1. The third-order valence-corrected chi connectivity index (χ3v) is 4.46. The Bertz CT molecular complexity index is 662. The molecule has 0 unspecified atom stereocenters. The number of nitrogens with one attached hydrogen (secondary N) is 1. The van der Waals surface area contributed by atoms with Gasteiger partial charge in [0.25, 0.3) is 10.0 Å². The molecule has 1 aromatic carbocycles. The summed E-state index contributed by atoms with van der Waals surface area (Å²) in [7, 11) is 1.80. The van der Waals surface area contributed by atoms with Gasteiger partial charge in [-0.3, -0.25) is 9.52 Å². The van der Waals surface area contributed by atoms with Crippen molar-refractivity contribution in [3.63, 3.8) is 0 Å². The van der Waals surface area contributed by atoms with Crippen molar-refractivity contribution in [3.05, 3.63) is 40.6 Å². The molecule has 0 amide bonds. The highest BCUT2D eigenvalue weighted by atomic mass is 32.2. The summed E-state index contributed by atoms with van der Waals surface area (Å²) in [6.45, 7) is 0. The first kappa shape index (κ1) is 12.9. The lowest BCUT2D eigenvalue weighted by Crippen LogP contribution is -2.14. The summed E-state index contributed by atoms with van der Waals surface area (Å²) < 4.78 is 26.4. The van der Waals surface area contributed by atoms with Crippen molar-refractivity contribution in [1.29, 1.82) is 0 Å². The lowest BCUT2D eigenvalue weighted by molar-refractivity contribution is 0.112. The maximum Gasteiger partial charge on any atom is 0.261 e. The number of sulfonamides is 1. The van der Waals surface area contributed by atoms with Gasteiger partial charge in [-0.1, -0.05) is 17.6 Å². The summed E-state index contributed by atoms with van der Waals surface area (Å²) >= 11 is 1.17. The van der Waals surface area contributed by atoms with E-state index in [4.69, 9.17) is 7.85 Å². The molecule has 0 atom stereocenters. The molecular weight excluding hydrogens is 269 g/mol. The van der Waals surface area contributed by atoms with Crippen molar-refractivity contribution in [3.8, 4) is 0 Å². The average molecular weight is 277 g/mol. The lowest BCUT2D eigenvalue weighted by atomic mass is 9.97. The van der Waals surface area contributed by atoms with Gasteiger partial charge in [-0.2, -0.15) is 0 Å². The fourth-order valence-corrected chi connectivity index (χ4v) is 3.14. The van der Waals surface area contributed by atoms with Crippen LogP contribution in [0.5, 0.6) is 0 Å². The Balaban J connectivity index is 2.33. The topological polar surface area (TPSA) is 63.2 Å². The molecule has 0 aliphatic carbocycles. The van der Waals surface area contributed by atoms with E-state index in [-0.39, 0.29) is 10.6 Å². The Labute approximate surface area is 110 Å². The fraction of sp³-hybridized carbons (Fsp3) is 0. The van der Waals surface area contributed by atoms with Crippen LogP contribution in [-0.2, 0) is 10.0 Å². The van der Waals surface area contributed by atoms with Crippen molar-refractivity contribution < 1.29 is 13.2 Å². The van der Waals surface area contributed by atoms with Crippen molar-refractivity contribution in [2.75, 3.05) is 4.72 Å². The summed E-state index contributed by atoms with van der Waals surface area (Å²) in [4.78, 5) is 11.2. The SMILES string of the molecule is [B]c1ccc(S(=O)(=O)Nc2ccsc2C=O)cc1. The number of thiophene rings is 1. The van der Waals surface area contributed by atoms with E-state index in [9.17, 15) is 13.2 Å². The van der Waals surface area contributed by atoms with Gasteiger partial charge in [-0.15, -0.1) is 11.3 Å². The van der Waals surface area contributed by atoms with Crippen LogP contribution in [0.3, 0.4) is 0 Å². The minimum absolute atomic E-state index is 0.0970. The summed E-state index contributed by atoms with van der Waals surface area (Å²) in [5, 5.41) is 1.64. The van der Waals surface area contributed by atoms with Crippen LogP contribution in [0.25, 0.3) is 0 Å². The summed E-state index contributed by atoms with van der Waals surface area (Å²) in [5.74, 6) is 0. The van der Waals surface area contributed by atoms with Crippen molar-refractivity contribution >= 4 is 46.6 Å². The highest BCUT2D eigenvalue weighted by Crippen LogP contribution is 2.23. The van der Waals surface area contributed by atoms with E-state index < -0.39 is 10.0 Å². The third-order valence-electron chi connectivity index (χ3n) is 2.24. The van der Waals surface area contributed by atoms with E-state index in [0.29, 0.717) is 16.6 Å². The highest BCUT2D eigenvalue weighted by molar-refractivity contribution is 7.92. The van der Waals surface area contributed by atoms with Gasteiger partial charge in [0.15, 0.2) is 6.29 Å². The summed E-state index contributed by atoms with van der Waals surface area (Å²) in [6, 6.07) is 7.37. The van der Waals surface area contributed by atoms with Crippen LogP contribution in [0.2, 0.25) is 0 Å². The van der Waals surface area contributed by atoms with Gasteiger partial charge in [-0.05, 0) is 23.6 Å². The molecule has 0 aliphatic heterocycles. The Morgan fingerprint density at radius 2 is 1.83 bits per heavy atom. The maximum absolute atomic E-state index is 12.0.